The molecule has 0 spiro atoms. The first-order valence-corrected chi connectivity index (χ1v) is 4.56. The molecule has 1 aromatic heterocycles. The lowest BCUT2D eigenvalue weighted by molar-refractivity contribution is 0.301. The molecule has 0 saturated heterocycles. The van der Waals surface area contributed by atoms with Gasteiger partial charge in [0.25, 0.3) is 0 Å². The Bertz CT molecular complexity index is 230. The van der Waals surface area contributed by atoms with Crippen LogP contribution in [0.4, 0.5) is 0 Å². The number of nitrogens with zero attached hydrogens (tertiary/aromatic N) is 1. The van der Waals surface area contributed by atoms with Gasteiger partial charge in [-0.2, -0.15) is 0 Å². The topological polar surface area (TPSA) is 48.1 Å². The highest BCUT2D eigenvalue weighted by atomic mass is 79.9. The minimum atomic E-state index is 0. The molecule has 0 fully saturated rings. The van der Waals surface area contributed by atoms with Crippen LogP contribution in [-0.4, -0.2) is 18.1 Å². The molecule has 0 aromatic carbocycles. The van der Waals surface area contributed by atoms with E-state index in [1.54, 1.807) is 6.20 Å². The third-order valence-electron chi connectivity index (χ3n) is 1.30. The molecule has 0 saturated carbocycles. The first kappa shape index (κ1) is 12.7. The van der Waals surface area contributed by atoms with Crippen LogP contribution in [0.25, 0.3) is 0 Å². The van der Waals surface area contributed by atoms with Crippen LogP contribution in [0.5, 0.6) is 5.88 Å². The van der Waals surface area contributed by atoms with Gasteiger partial charge in [0, 0.05) is 16.7 Å². The molecule has 0 aliphatic heterocycles. The highest BCUT2D eigenvalue weighted by molar-refractivity contribution is 9.10. The van der Waals surface area contributed by atoms with Gasteiger partial charge in [0.15, 0.2) is 0 Å². The summed E-state index contributed by atoms with van der Waals surface area (Å²) < 4.78 is 6.24. The standard InChI is InChI=1S/C8H11BrN2O.ClH/c9-7-2-3-8(11-6-7)12-5-1-4-10;/h2-3,6H,1,4-5,10H2;1H. The van der Waals surface area contributed by atoms with E-state index in [-0.39, 0.29) is 12.4 Å². The van der Waals surface area contributed by atoms with Gasteiger partial charge in [-0.05, 0) is 35.0 Å². The van der Waals surface area contributed by atoms with Crippen molar-refractivity contribution in [3.8, 4) is 5.88 Å². The van der Waals surface area contributed by atoms with E-state index in [0.717, 1.165) is 10.9 Å². The molecular formula is C8H12BrClN2O. The summed E-state index contributed by atoms with van der Waals surface area (Å²) in [4.78, 5) is 4.04. The van der Waals surface area contributed by atoms with E-state index in [2.05, 4.69) is 20.9 Å². The molecule has 2 N–H and O–H groups in total. The second kappa shape index (κ2) is 7.12. The van der Waals surface area contributed by atoms with Gasteiger partial charge in [-0.1, -0.05) is 0 Å². The maximum Gasteiger partial charge on any atom is 0.213 e. The van der Waals surface area contributed by atoms with Crippen molar-refractivity contribution in [1.29, 1.82) is 0 Å². The van der Waals surface area contributed by atoms with Crippen molar-refractivity contribution < 1.29 is 4.74 Å². The molecule has 5 heteroatoms. The fourth-order valence-electron chi connectivity index (χ4n) is 0.708. The summed E-state index contributed by atoms with van der Waals surface area (Å²) in [6.07, 6.45) is 2.57. The summed E-state index contributed by atoms with van der Waals surface area (Å²) in [5.74, 6) is 0.645. The van der Waals surface area contributed by atoms with E-state index in [0.29, 0.717) is 19.0 Å². The zero-order valence-electron chi connectivity index (χ0n) is 7.07. The summed E-state index contributed by atoms with van der Waals surface area (Å²) in [6, 6.07) is 3.71. The first-order chi connectivity index (χ1) is 5.83. The molecule has 13 heavy (non-hydrogen) atoms. The first-order valence-electron chi connectivity index (χ1n) is 3.77. The quantitative estimate of drug-likeness (QED) is 0.849. The average molecular weight is 268 g/mol. The molecule has 0 aliphatic rings. The Morgan fingerprint density at radius 1 is 1.46 bits per heavy atom. The van der Waals surface area contributed by atoms with Crippen molar-refractivity contribution in [2.45, 2.75) is 6.42 Å². The summed E-state index contributed by atoms with van der Waals surface area (Å²) >= 11 is 3.29. The van der Waals surface area contributed by atoms with Gasteiger partial charge in [-0.15, -0.1) is 12.4 Å². The second-order valence-electron chi connectivity index (χ2n) is 2.31. The van der Waals surface area contributed by atoms with Gasteiger partial charge in [0.05, 0.1) is 6.61 Å². The number of halogens is 2. The van der Waals surface area contributed by atoms with Crippen LogP contribution >= 0.6 is 28.3 Å². The highest BCUT2D eigenvalue weighted by Gasteiger charge is 1.93. The maximum atomic E-state index is 5.31. The van der Waals surface area contributed by atoms with Crippen LogP contribution in [0.2, 0.25) is 0 Å². The van der Waals surface area contributed by atoms with Gasteiger partial charge in [0.2, 0.25) is 5.88 Å². The van der Waals surface area contributed by atoms with Crippen molar-refractivity contribution in [1.82, 2.24) is 4.98 Å². The van der Waals surface area contributed by atoms with Crippen LogP contribution in [-0.2, 0) is 0 Å². The lowest BCUT2D eigenvalue weighted by Gasteiger charge is -2.02. The molecular weight excluding hydrogens is 255 g/mol. The van der Waals surface area contributed by atoms with Gasteiger partial charge in [0.1, 0.15) is 0 Å². The van der Waals surface area contributed by atoms with Crippen LogP contribution in [0.15, 0.2) is 22.8 Å². The van der Waals surface area contributed by atoms with E-state index in [9.17, 15) is 0 Å². The molecule has 0 amide bonds. The molecule has 0 aliphatic carbocycles. The molecule has 0 radical (unpaired) electrons. The number of hydrogen-bond acceptors (Lipinski definition) is 3. The van der Waals surface area contributed by atoms with E-state index < -0.39 is 0 Å². The minimum Gasteiger partial charge on any atom is -0.478 e. The van der Waals surface area contributed by atoms with Gasteiger partial charge < -0.3 is 10.5 Å². The van der Waals surface area contributed by atoms with Crippen molar-refractivity contribution in [3.05, 3.63) is 22.8 Å². The molecule has 0 bridgehead atoms. The Morgan fingerprint density at radius 2 is 2.23 bits per heavy atom. The summed E-state index contributed by atoms with van der Waals surface area (Å²) in [6.45, 7) is 1.28. The fraction of sp³-hybridized carbons (Fsp3) is 0.375. The van der Waals surface area contributed by atoms with Crippen molar-refractivity contribution in [2.75, 3.05) is 13.2 Å². The summed E-state index contributed by atoms with van der Waals surface area (Å²) in [7, 11) is 0. The molecule has 0 atom stereocenters. The molecule has 3 nitrogen and oxygen atoms in total. The number of pyridine rings is 1. The van der Waals surface area contributed by atoms with Crippen molar-refractivity contribution in [3.63, 3.8) is 0 Å². The highest BCUT2D eigenvalue weighted by Crippen LogP contribution is 2.11. The SMILES string of the molecule is Cl.NCCCOc1ccc(Br)cn1. The number of hydrogen-bond donors (Lipinski definition) is 1. The largest absolute Gasteiger partial charge is 0.478 e. The van der Waals surface area contributed by atoms with Crippen LogP contribution in [0.1, 0.15) is 6.42 Å². The Balaban J connectivity index is 0.00000144. The molecule has 74 valence electrons. The summed E-state index contributed by atoms with van der Waals surface area (Å²) in [5.41, 5.74) is 5.31. The third kappa shape index (κ3) is 5.08. The predicted molar refractivity (Wildman–Crippen MR) is 58.4 cm³/mol. The fourth-order valence-corrected chi connectivity index (χ4v) is 0.942. The Hall–Kier alpha value is -0.320. The average Bonchev–Trinajstić information content (AvgIpc) is 2.09. The van der Waals surface area contributed by atoms with Crippen molar-refractivity contribution in [2.24, 2.45) is 5.73 Å². The minimum absolute atomic E-state index is 0. The normalized spacial score (nSPS) is 9.08. The maximum absolute atomic E-state index is 5.31. The monoisotopic (exact) mass is 266 g/mol. The van der Waals surface area contributed by atoms with E-state index in [1.165, 1.54) is 0 Å². The Kier molecular flexibility index (Phi) is 6.94. The van der Waals surface area contributed by atoms with E-state index in [1.807, 2.05) is 12.1 Å². The zero-order chi connectivity index (χ0) is 8.81. The zero-order valence-corrected chi connectivity index (χ0v) is 9.47. The van der Waals surface area contributed by atoms with E-state index in [4.69, 9.17) is 10.5 Å². The van der Waals surface area contributed by atoms with Crippen LogP contribution in [0, 0.1) is 0 Å². The second-order valence-corrected chi connectivity index (χ2v) is 3.22. The van der Waals surface area contributed by atoms with Gasteiger partial charge in [-0.3, -0.25) is 0 Å². The smallest absolute Gasteiger partial charge is 0.213 e. The van der Waals surface area contributed by atoms with Crippen LogP contribution in [0.3, 0.4) is 0 Å². The summed E-state index contributed by atoms with van der Waals surface area (Å²) in [5, 5.41) is 0. The number of ether oxygens (including phenoxy) is 1. The lowest BCUT2D eigenvalue weighted by Crippen LogP contribution is -2.06. The molecule has 1 rings (SSSR count). The number of aromatic nitrogens is 1. The van der Waals surface area contributed by atoms with E-state index >= 15 is 0 Å². The van der Waals surface area contributed by atoms with Gasteiger partial charge in [-0.25, -0.2) is 4.98 Å². The van der Waals surface area contributed by atoms with Gasteiger partial charge >= 0.3 is 0 Å². The Morgan fingerprint density at radius 3 is 2.77 bits per heavy atom. The van der Waals surface area contributed by atoms with Crippen molar-refractivity contribution >= 4 is 28.3 Å². The number of nitrogens with two attached hydrogens (primary N) is 1. The lowest BCUT2D eigenvalue weighted by atomic mass is 10.4. The Labute approximate surface area is 92.2 Å². The molecule has 0 unspecified atom stereocenters. The van der Waals surface area contributed by atoms with Crippen LogP contribution < -0.4 is 10.5 Å². The molecule has 1 aromatic rings. The number of rotatable bonds is 4. The molecule has 1 heterocycles. The predicted octanol–water partition coefficient (Wildman–Crippen LogP) is 1.99. The third-order valence-corrected chi connectivity index (χ3v) is 1.77.